The number of hydrogen-bond acceptors (Lipinski definition) is 4. The molecule has 0 radical (unpaired) electrons. The summed E-state index contributed by atoms with van der Waals surface area (Å²) in [6.45, 7) is 12.3. The molecular formula is C38H59NO3. The number of nitrogens with one attached hydrogen (secondary N) is 1. The molecule has 12 atom stereocenters. The van der Waals surface area contributed by atoms with Gasteiger partial charge in [-0.2, -0.15) is 0 Å². The van der Waals surface area contributed by atoms with E-state index in [0.717, 1.165) is 62.3 Å². The fourth-order valence-electron chi connectivity index (χ4n) is 12.0. The van der Waals surface area contributed by atoms with Crippen LogP contribution < -0.4 is 5.32 Å². The van der Waals surface area contributed by atoms with Crippen molar-refractivity contribution in [2.45, 2.75) is 123 Å². The van der Waals surface area contributed by atoms with Gasteiger partial charge in [0, 0.05) is 19.7 Å². The molecule has 0 aromatic heterocycles. The molecule has 4 heteroatoms. The van der Waals surface area contributed by atoms with Crippen molar-refractivity contribution in [3.05, 3.63) is 35.9 Å². The molecular weight excluding hydrogens is 518 g/mol. The average molecular weight is 578 g/mol. The Balaban J connectivity index is 0.978. The highest BCUT2D eigenvalue weighted by Crippen LogP contribution is 2.70. The van der Waals surface area contributed by atoms with Crippen molar-refractivity contribution in [2.24, 2.45) is 52.3 Å². The quantitative estimate of drug-likeness (QED) is 0.322. The molecule has 4 nitrogen and oxygen atoms in total. The Kier molecular flexibility index (Phi) is 8.82. The van der Waals surface area contributed by atoms with E-state index in [4.69, 9.17) is 14.2 Å². The SMILES string of the molecule is C[C@@H]1C(CCC(COCc2ccccc2)CC2CNCCO2)O[C@H]2C[C@H]3[C@@H]4CCC5CCCC[C@]5(C)[C@H]4CC[C@]3(C)[C@H]21. The van der Waals surface area contributed by atoms with Crippen molar-refractivity contribution in [1.82, 2.24) is 5.32 Å². The second-order valence-electron chi connectivity index (χ2n) is 16.2. The molecule has 2 aliphatic heterocycles. The summed E-state index contributed by atoms with van der Waals surface area (Å²) in [7, 11) is 0. The second-order valence-corrected chi connectivity index (χ2v) is 16.2. The van der Waals surface area contributed by atoms with Crippen molar-refractivity contribution >= 4 is 0 Å². The van der Waals surface area contributed by atoms with Gasteiger partial charge in [-0.15, -0.1) is 0 Å². The summed E-state index contributed by atoms with van der Waals surface area (Å²) >= 11 is 0. The van der Waals surface area contributed by atoms with Gasteiger partial charge < -0.3 is 19.5 Å². The minimum absolute atomic E-state index is 0.307. The minimum atomic E-state index is 0.307. The maximum atomic E-state index is 7.10. The zero-order chi connectivity index (χ0) is 28.7. The molecule has 1 aromatic carbocycles. The standard InChI is InChI=1S/C38H59NO3/c1-26-34(15-12-28(21-30-23-39-19-20-41-30)25-40-24-27-9-5-4-6-10-27)42-35-22-33-31-14-13-29-11-7-8-17-37(29,2)32(31)16-18-38(33,3)36(26)35/h4-6,9-10,26,28-36,39H,7-8,11-25H2,1-3H3/t26-,28?,29?,30?,31-,32+,33+,34?,35+,36+,37+,38+/m1/s1. The van der Waals surface area contributed by atoms with Crippen molar-refractivity contribution in [3.8, 4) is 0 Å². The van der Waals surface area contributed by atoms with E-state index in [1.807, 2.05) is 0 Å². The topological polar surface area (TPSA) is 39.7 Å². The van der Waals surface area contributed by atoms with Crippen LogP contribution in [0.3, 0.4) is 0 Å². The molecule has 1 aromatic rings. The van der Waals surface area contributed by atoms with Gasteiger partial charge in [-0.25, -0.2) is 0 Å². The summed E-state index contributed by atoms with van der Waals surface area (Å²) < 4.78 is 19.5. The summed E-state index contributed by atoms with van der Waals surface area (Å²) in [5, 5.41) is 3.53. The van der Waals surface area contributed by atoms with Crippen molar-refractivity contribution in [1.29, 1.82) is 0 Å². The fourth-order valence-corrected chi connectivity index (χ4v) is 12.0. The molecule has 6 fully saturated rings. The molecule has 0 spiro atoms. The lowest BCUT2D eigenvalue weighted by atomic mass is 9.44. The highest BCUT2D eigenvalue weighted by Gasteiger charge is 2.65. The average Bonchev–Trinajstić information content (AvgIpc) is 3.49. The van der Waals surface area contributed by atoms with Crippen LogP contribution in [0.4, 0.5) is 0 Å². The van der Waals surface area contributed by atoms with Gasteiger partial charge in [0.25, 0.3) is 0 Å². The summed E-state index contributed by atoms with van der Waals surface area (Å²) in [6, 6.07) is 10.6. The Morgan fingerprint density at radius 3 is 2.71 bits per heavy atom. The predicted octanol–water partition coefficient (Wildman–Crippen LogP) is 8.04. The van der Waals surface area contributed by atoms with Crippen LogP contribution in [0.25, 0.3) is 0 Å². The molecule has 4 saturated carbocycles. The lowest BCUT2D eigenvalue weighted by Crippen LogP contribution is -2.53. The first kappa shape index (κ1) is 29.8. The Morgan fingerprint density at radius 2 is 1.88 bits per heavy atom. The van der Waals surface area contributed by atoms with Crippen LogP contribution in [0.1, 0.15) is 103 Å². The summed E-state index contributed by atoms with van der Waals surface area (Å²) in [5.41, 5.74) is 2.37. The van der Waals surface area contributed by atoms with E-state index in [2.05, 4.69) is 56.4 Å². The number of rotatable bonds is 9. The molecule has 42 heavy (non-hydrogen) atoms. The molecule has 0 bridgehead atoms. The molecule has 1 N–H and O–H groups in total. The van der Waals surface area contributed by atoms with E-state index < -0.39 is 0 Å². The number of benzene rings is 1. The van der Waals surface area contributed by atoms with Crippen LogP contribution in [0.5, 0.6) is 0 Å². The first-order valence-corrected chi connectivity index (χ1v) is 18.0. The number of fused-ring (bicyclic) bond motifs is 7. The van der Waals surface area contributed by atoms with E-state index in [1.165, 1.54) is 76.2 Å². The van der Waals surface area contributed by atoms with Gasteiger partial charge in [0.15, 0.2) is 0 Å². The van der Waals surface area contributed by atoms with Gasteiger partial charge >= 0.3 is 0 Å². The Morgan fingerprint density at radius 1 is 1.00 bits per heavy atom. The molecule has 2 saturated heterocycles. The number of morpholine rings is 1. The van der Waals surface area contributed by atoms with Crippen LogP contribution in [0.15, 0.2) is 30.3 Å². The zero-order valence-corrected chi connectivity index (χ0v) is 26.9. The van der Waals surface area contributed by atoms with Gasteiger partial charge in [0.05, 0.1) is 31.5 Å². The molecule has 7 rings (SSSR count). The van der Waals surface area contributed by atoms with Gasteiger partial charge in [-0.1, -0.05) is 63.9 Å². The van der Waals surface area contributed by atoms with Gasteiger partial charge in [0.1, 0.15) is 0 Å². The Bertz CT molecular complexity index is 1030. The van der Waals surface area contributed by atoms with E-state index in [-0.39, 0.29) is 0 Å². The van der Waals surface area contributed by atoms with Crippen molar-refractivity contribution in [2.75, 3.05) is 26.3 Å². The lowest BCUT2D eigenvalue weighted by molar-refractivity contribution is -0.115. The monoisotopic (exact) mass is 577 g/mol. The third-order valence-corrected chi connectivity index (χ3v) is 14.1. The Hall–Kier alpha value is -0.940. The molecule has 0 amide bonds. The molecule has 6 aliphatic rings. The number of hydrogen-bond donors (Lipinski definition) is 1. The van der Waals surface area contributed by atoms with E-state index in [9.17, 15) is 0 Å². The van der Waals surface area contributed by atoms with E-state index in [1.54, 1.807) is 0 Å². The predicted molar refractivity (Wildman–Crippen MR) is 169 cm³/mol. The zero-order valence-electron chi connectivity index (χ0n) is 26.9. The lowest BCUT2D eigenvalue weighted by Gasteiger charge is -2.60. The first-order valence-electron chi connectivity index (χ1n) is 18.0. The summed E-state index contributed by atoms with van der Waals surface area (Å²) in [5.74, 6) is 5.78. The smallest absolute Gasteiger partial charge is 0.0717 e. The van der Waals surface area contributed by atoms with Crippen molar-refractivity contribution < 1.29 is 14.2 Å². The van der Waals surface area contributed by atoms with Crippen LogP contribution in [0, 0.1) is 52.3 Å². The molecule has 2 heterocycles. The highest BCUT2D eigenvalue weighted by atomic mass is 16.5. The van der Waals surface area contributed by atoms with E-state index >= 15 is 0 Å². The normalized spacial score (nSPS) is 45.5. The maximum absolute atomic E-state index is 7.10. The number of ether oxygens (including phenoxy) is 3. The highest BCUT2D eigenvalue weighted by molar-refractivity contribution is 5.14. The van der Waals surface area contributed by atoms with Crippen molar-refractivity contribution in [3.63, 3.8) is 0 Å². The molecule has 4 unspecified atom stereocenters. The molecule has 234 valence electrons. The minimum Gasteiger partial charge on any atom is -0.376 e. The summed E-state index contributed by atoms with van der Waals surface area (Å²) in [6.07, 6.45) is 17.9. The van der Waals surface area contributed by atoms with Crippen LogP contribution in [-0.2, 0) is 20.8 Å². The molecule has 4 aliphatic carbocycles. The van der Waals surface area contributed by atoms with Gasteiger partial charge in [0.2, 0.25) is 0 Å². The maximum Gasteiger partial charge on any atom is 0.0717 e. The van der Waals surface area contributed by atoms with Gasteiger partial charge in [-0.05, 0) is 122 Å². The summed E-state index contributed by atoms with van der Waals surface area (Å²) in [4.78, 5) is 0. The fraction of sp³-hybridized carbons (Fsp3) is 0.842. The van der Waals surface area contributed by atoms with E-state index in [0.29, 0.717) is 47.6 Å². The van der Waals surface area contributed by atoms with Crippen LogP contribution in [-0.4, -0.2) is 44.6 Å². The second kappa shape index (κ2) is 12.5. The first-order chi connectivity index (χ1) is 20.5. The van der Waals surface area contributed by atoms with Gasteiger partial charge in [-0.3, -0.25) is 0 Å². The van der Waals surface area contributed by atoms with Crippen LogP contribution >= 0.6 is 0 Å². The third kappa shape index (κ3) is 5.54. The Labute approximate surface area is 256 Å². The van der Waals surface area contributed by atoms with Crippen LogP contribution in [0.2, 0.25) is 0 Å². The largest absolute Gasteiger partial charge is 0.376 e. The third-order valence-electron chi connectivity index (χ3n) is 14.1.